The van der Waals surface area contributed by atoms with Gasteiger partial charge in [0.1, 0.15) is 17.1 Å². The SMILES string of the molecule is CC(=O)Sc1nc[nH]c1C[C@@H](C(=O)O)N(C)C.CN(C)[C@@H](Cc1cnc[nH]1)C(=O)O. The first-order valence-corrected chi connectivity index (χ1v) is 9.80. The standard InChI is InChI=1S/C10H15N3O3S.C8H13N3O2/c1-6(14)17-9-7(11-5-12-9)4-8(10(15)16)13(2)3;1-11(2)7(8(12)13)3-6-4-9-5-10-6/h5,8H,4H2,1-3H3,(H,11,12)(H,15,16);4-5,7H,3H2,1-2H3,(H,9,10)(H,12,13)/t8-;7-/m00/s1. The van der Waals surface area contributed by atoms with Gasteiger partial charge in [-0.1, -0.05) is 0 Å². The summed E-state index contributed by atoms with van der Waals surface area (Å²) in [5.41, 5.74) is 1.51. The minimum atomic E-state index is -0.900. The predicted octanol–water partition coefficient (Wildman–Crippen LogP) is 0.573. The van der Waals surface area contributed by atoms with Crippen molar-refractivity contribution in [2.75, 3.05) is 28.2 Å². The van der Waals surface area contributed by atoms with Gasteiger partial charge < -0.3 is 20.2 Å². The molecule has 2 rings (SSSR count). The monoisotopic (exact) mass is 440 g/mol. The number of rotatable bonds is 9. The fourth-order valence-corrected chi connectivity index (χ4v) is 3.10. The maximum Gasteiger partial charge on any atom is 0.321 e. The van der Waals surface area contributed by atoms with Crippen LogP contribution >= 0.6 is 11.8 Å². The van der Waals surface area contributed by atoms with Gasteiger partial charge in [0.2, 0.25) is 0 Å². The van der Waals surface area contributed by atoms with E-state index in [0.717, 1.165) is 17.5 Å². The minimum absolute atomic E-state index is 0.0740. The molecule has 0 bridgehead atoms. The Balaban J connectivity index is 0.000000311. The van der Waals surface area contributed by atoms with Crippen LogP contribution in [-0.2, 0) is 27.2 Å². The lowest BCUT2D eigenvalue weighted by molar-refractivity contribution is -0.143. The molecular weight excluding hydrogens is 412 g/mol. The molecule has 4 N–H and O–H groups in total. The highest BCUT2D eigenvalue weighted by atomic mass is 32.2. The van der Waals surface area contributed by atoms with E-state index in [1.165, 1.54) is 13.3 Å². The van der Waals surface area contributed by atoms with Crippen molar-refractivity contribution in [3.63, 3.8) is 0 Å². The van der Waals surface area contributed by atoms with E-state index in [4.69, 9.17) is 10.2 Å². The first-order chi connectivity index (χ1) is 14.0. The fourth-order valence-electron chi connectivity index (χ4n) is 2.46. The van der Waals surface area contributed by atoms with E-state index >= 15 is 0 Å². The van der Waals surface area contributed by atoms with Crippen LogP contribution in [0.3, 0.4) is 0 Å². The molecule has 0 unspecified atom stereocenters. The maximum atomic E-state index is 11.1. The molecule has 30 heavy (non-hydrogen) atoms. The van der Waals surface area contributed by atoms with Gasteiger partial charge in [0, 0.05) is 31.7 Å². The lowest BCUT2D eigenvalue weighted by Crippen LogP contribution is -2.37. The van der Waals surface area contributed by atoms with Gasteiger partial charge in [-0.3, -0.25) is 24.2 Å². The van der Waals surface area contributed by atoms with Gasteiger partial charge in [0.25, 0.3) is 0 Å². The Morgan fingerprint density at radius 1 is 1.00 bits per heavy atom. The van der Waals surface area contributed by atoms with Gasteiger partial charge in [-0.25, -0.2) is 9.97 Å². The molecule has 0 radical (unpaired) electrons. The molecule has 0 aliphatic rings. The largest absolute Gasteiger partial charge is 0.480 e. The zero-order valence-corrected chi connectivity index (χ0v) is 18.4. The van der Waals surface area contributed by atoms with Gasteiger partial charge in [-0.15, -0.1) is 0 Å². The van der Waals surface area contributed by atoms with Crippen LogP contribution in [0.2, 0.25) is 0 Å². The number of carbonyl (C=O) groups is 3. The molecule has 0 saturated carbocycles. The number of aromatic nitrogens is 4. The van der Waals surface area contributed by atoms with Crippen molar-refractivity contribution in [1.29, 1.82) is 0 Å². The van der Waals surface area contributed by atoms with Crippen LogP contribution in [-0.4, -0.2) is 97.3 Å². The number of hydrogen-bond acceptors (Lipinski definition) is 8. The Labute approximate surface area is 178 Å². The summed E-state index contributed by atoms with van der Waals surface area (Å²) < 4.78 is 0. The summed E-state index contributed by atoms with van der Waals surface area (Å²) in [5, 5.41) is 18.4. The van der Waals surface area contributed by atoms with Crippen LogP contribution in [0.4, 0.5) is 0 Å². The normalized spacial score (nSPS) is 12.9. The van der Waals surface area contributed by atoms with Crippen molar-refractivity contribution < 1.29 is 24.6 Å². The number of carboxylic acid groups (broad SMARTS) is 2. The molecule has 0 aliphatic heterocycles. The summed E-state index contributed by atoms with van der Waals surface area (Å²) in [6.07, 6.45) is 5.39. The highest BCUT2D eigenvalue weighted by Crippen LogP contribution is 2.21. The maximum absolute atomic E-state index is 11.1. The molecule has 0 aromatic carbocycles. The molecule has 0 amide bonds. The lowest BCUT2D eigenvalue weighted by Gasteiger charge is -2.19. The third-order valence-electron chi connectivity index (χ3n) is 4.10. The molecule has 0 aliphatic carbocycles. The van der Waals surface area contributed by atoms with E-state index < -0.39 is 24.0 Å². The molecule has 12 heteroatoms. The third-order valence-corrected chi connectivity index (χ3v) is 4.93. The van der Waals surface area contributed by atoms with Crippen molar-refractivity contribution in [3.05, 3.63) is 30.2 Å². The lowest BCUT2D eigenvalue weighted by atomic mass is 10.1. The van der Waals surface area contributed by atoms with Gasteiger partial charge >= 0.3 is 11.9 Å². The summed E-state index contributed by atoms with van der Waals surface area (Å²) in [7, 11) is 6.89. The number of thioether (sulfide) groups is 1. The number of hydrogen-bond donors (Lipinski definition) is 4. The van der Waals surface area contributed by atoms with E-state index in [2.05, 4.69) is 19.9 Å². The van der Waals surface area contributed by atoms with E-state index in [9.17, 15) is 14.4 Å². The third kappa shape index (κ3) is 8.35. The average molecular weight is 441 g/mol. The number of carboxylic acids is 2. The second-order valence-electron chi connectivity index (χ2n) is 6.90. The average Bonchev–Trinajstić information content (AvgIpc) is 3.28. The quantitative estimate of drug-likeness (QED) is 0.407. The zero-order chi connectivity index (χ0) is 22.8. The molecule has 2 atom stereocenters. The molecule has 0 fully saturated rings. The Morgan fingerprint density at radius 3 is 2.00 bits per heavy atom. The number of nitrogens with one attached hydrogen (secondary N) is 2. The molecule has 0 spiro atoms. The second kappa shape index (κ2) is 12.1. The minimum Gasteiger partial charge on any atom is -0.480 e. The topological polar surface area (TPSA) is 156 Å². The van der Waals surface area contributed by atoms with Gasteiger partial charge in [-0.05, 0) is 40.0 Å². The summed E-state index contributed by atoms with van der Waals surface area (Å²) in [4.78, 5) is 49.7. The van der Waals surface area contributed by atoms with Crippen LogP contribution in [0.5, 0.6) is 0 Å². The second-order valence-corrected chi connectivity index (χ2v) is 8.07. The first-order valence-electron chi connectivity index (χ1n) is 8.99. The Morgan fingerprint density at radius 2 is 1.57 bits per heavy atom. The molecular formula is C18H28N6O5S. The van der Waals surface area contributed by atoms with Crippen molar-refractivity contribution in [2.24, 2.45) is 0 Å². The molecule has 2 heterocycles. The van der Waals surface area contributed by atoms with Crippen LogP contribution in [0.25, 0.3) is 0 Å². The zero-order valence-electron chi connectivity index (χ0n) is 17.6. The van der Waals surface area contributed by atoms with Crippen LogP contribution in [0.1, 0.15) is 18.3 Å². The highest BCUT2D eigenvalue weighted by Gasteiger charge is 2.23. The Hall–Kier alpha value is -2.70. The summed E-state index contributed by atoms with van der Waals surface area (Å²) in [6, 6.07) is -1.14. The Kier molecular flexibility index (Phi) is 10.2. The number of likely N-dealkylation sites (N-methyl/N-ethyl adjacent to an activating group) is 2. The predicted molar refractivity (Wildman–Crippen MR) is 111 cm³/mol. The number of carbonyl (C=O) groups excluding carboxylic acids is 1. The van der Waals surface area contributed by atoms with E-state index in [-0.39, 0.29) is 11.5 Å². The van der Waals surface area contributed by atoms with Gasteiger partial charge in [-0.2, -0.15) is 0 Å². The van der Waals surface area contributed by atoms with Crippen molar-refractivity contribution in [1.82, 2.24) is 29.7 Å². The number of aromatic amines is 2. The van der Waals surface area contributed by atoms with Crippen LogP contribution in [0.15, 0.2) is 23.9 Å². The number of H-pyrrole nitrogens is 2. The molecule has 2 aromatic heterocycles. The van der Waals surface area contributed by atoms with Crippen LogP contribution < -0.4 is 0 Å². The van der Waals surface area contributed by atoms with Crippen molar-refractivity contribution in [2.45, 2.75) is 36.9 Å². The molecule has 2 aromatic rings. The summed E-state index contributed by atoms with van der Waals surface area (Å²) in [5.74, 6) is -1.72. The van der Waals surface area contributed by atoms with E-state index in [1.807, 2.05) is 0 Å². The fraction of sp³-hybridized carbons (Fsp3) is 0.500. The van der Waals surface area contributed by atoms with Gasteiger partial charge in [0.05, 0.1) is 18.3 Å². The Bertz CT molecular complexity index is 821. The highest BCUT2D eigenvalue weighted by molar-refractivity contribution is 8.13. The number of aliphatic carboxylic acids is 2. The number of imidazole rings is 2. The van der Waals surface area contributed by atoms with Crippen LogP contribution in [0, 0.1) is 0 Å². The molecule has 0 saturated heterocycles. The molecule has 166 valence electrons. The number of nitrogens with zero attached hydrogens (tertiary/aromatic N) is 4. The van der Waals surface area contributed by atoms with Gasteiger partial charge in [0.15, 0.2) is 5.12 Å². The smallest absolute Gasteiger partial charge is 0.321 e. The van der Waals surface area contributed by atoms with Crippen molar-refractivity contribution in [3.8, 4) is 0 Å². The van der Waals surface area contributed by atoms with E-state index in [0.29, 0.717) is 17.1 Å². The van der Waals surface area contributed by atoms with Crippen molar-refractivity contribution >= 4 is 28.8 Å². The summed E-state index contributed by atoms with van der Waals surface area (Å²) in [6.45, 7) is 1.45. The molecule has 11 nitrogen and oxygen atoms in total. The van der Waals surface area contributed by atoms with E-state index in [1.54, 1.807) is 50.5 Å². The summed E-state index contributed by atoms with van der Waals surface area (Å²) >= 11 is 1.00. The first kappa shape index (κ1) is 25.3.